The summed E-state index contributed by atoms with van der Waals surface area (Å²) in [6.07, 6.45) is 0.609. The van der Waals surface area contributed by atoms with Crippen molar-refractivity contribution in [3.63, 3.8) is 0 Å². The van der Waals surface area contributed by atoms with Gasteiger partial charge in [-0.15, -0.1) is 0 Å². The smallest absolute Gasteiger partial charge is 0.290 e. The first kappa shape index (κ1) is 12.4. The van der Waals surface area contributed by atoms with E-state index >= 15 is 0 Å². The highest BCUT2D eigenvalue weighted by molar-refractivity contribution is 5.45. The lowest BCUT2D eigenvalue weighted by Gasteiger charge is -2.13. The number of nitro groups is 1. The summed E-state index contributed by atoms with van der Waals surface area (Å²) in [4.78, 5) is 14.2. The van der Waals surface area contributed by atoms with Crippen LogP contribution in [0.5, 0.6) is 0 Å². The molecule has 1 unspecified atom stereocenters. The number of aliphatic hydroxyl groups excluding tert-OH is 1. The Hall–Kier alpha value is -1.69. The van der Waals surface area contributed by atoms with Crippen molar-refractivity contribution < 1.29 is 10.0 Å². The molecule has 6 heteroatoms. The fourth-order valence-corrected chi connectivity index (χ4v) is 1.35. The molecule has 0 bridgehead atoms. The van der Waals surface area contributed by atoms with Gasteiger partial charge >= 0.3 is 0 Å². The Bertz CT molecular complexity index is 382. The predicted octanol–water partition coefficient (Wildman–Crippen LogP) is 1.48. The standard InChI is InChI=1S/C10H15N3O3/c1-7(5-6-14)11-10-4-3-9(13(15)16)8(2)12-10/h3-4,7,14H,5-6H2,1-2H3,(H,11,12). The second-order valence-electron chi connectivity index (χ2n) is 3.62. The summed E-state index contributed by atoms with van der Waals surface area (Å²) in [6.45, 7) is 3.61. The largest absolute Gasteiger partial charge is 0.396 e. The van der Waals surface area contributed by atoms with Crippen LogP contribution in [0.15, 0.2) is 12.1 Å². The zero-order valence-electron chi connectivity index (χ0n) is 9.30. The molecule has 0 radical (unpaired) electrons. The van der Waals surface area contributed by atoms with Crippen LogP contribution in [0.4, 0.5) is 11.5 Å². The van der Waals surface area contributed by atoms with E-state index in [2.05, 4.69) is 10.3 Å². The first-order valence-electron chi connectivity index (χ1n) is 5.04. The van der Waals surface area contributed by atoms with Crippen molar-refractivity contribution in [3.05, 3.63) is 27.9 Å². The number of aryl methyl sites for hydroxylation is 1. The molecule has 1 rings (SSSR count). The van der Waals surface area contributed by atoms with Gasteiger partial charge < -0.3 is 10.4 Å². The van der Waals surface area contributed by atoms with Crippen LogP contribution in [0, 0.1) is 17.0 Å². The van der Waals surface area contributed by atoms with E-state index in [0.29, 0.717) is 17.9 Å². The molecule has 0 aliphatic heterocycles. The number of hydrogen-bond acceptors (Lipinski definition) is 5. The van der Waals surface area contributed by atoms with Gasteiger partial charge in [-0.25, -0.2) is 4.98 Å². The Labute approximate surface area is 93.5 Å². The molecule has 6 nitrogen and oxygen atoms in total. The molecule has 1 aromatic rings. The van der Waals surface area contributed by atoms with E-state index in [1.807, 2.05) is 6.92 Å². The van der Waals surface area contributed by atoms with Crippen LogP contribution < -0.4 is 5.32 Å². The number of aromatic nitrogens is 1. The average Bonchev–Trinajstić information content (AvgIpc) is 2.17. The lowest BCUT2D eigenvalue weighted by Crippen LogP contribution is -2.17. The molecule has 0 amide bonds. The van der Waals surface area contributed by atoms with Crippen molar-refractivity contribution in [1.82, 2.24) is 4.98 Å². The SMILES string of the molecule is Cc1nc(NC(C)CCO)ccc1[N+](=O)[O-]. The average molecular weight is 225 g/mol. The molecule has 1 aromatic heterocycles. The van der Waals surface area contributed by atoms with E-state index in [-0.39, 0.29) is 18.3 Å². The number of hydrogen-bond donors (Lipinski definition) is 2. The first-order valence-corrected chi connectivity index (χ1v) is 5.04. The molecule has 16 heavy (non-hydrogen) atoms. The van der Waals surface area contributed by atoms with Crippen LogP contribution in [0.25, 0.3) is 0 Å². The van der Waals surface area contributed by atoms with Crippen molar-refractivity contribution in [3.8, 4) is 0 Å². The van der Waals surface area contributed by atoms with E-state index in [4.69, 9.17) is 5.11 Å². The van der Waals surface area contributed by atoms with Gasteiger partial charge in [0, 0.05) is 18.7 Å². The molecule has 1 atom stereocenters. The maximum atomic E-state index is 10.6. The second kappa shape index (κ2) is 5.41. The van der Waals surface area contributed by atoms with Crippen molar-refractivity contribution in [2.45, 2.75) is 26.3 Å². The zero-order chi connectivity index (χ0) is 12.1. The molecule has 0 fully saturated rings. The van der Waals surface area contributed by atoms with Crippen molar-refractivity contribution in [2.24, 2.45) is 0 Å². The number of nitrogens with one attached hydrogen (secondary N) is 1. The third-order valence-corrected chi connectivity index (χ3v) is 2.21. The van der Waals surface area contributed by atoms with Crippen molar-refractivity contribution in [2.75, 3.05) is 11.9 Å². The Kier molecular flexibility index (Phi) is 4.19. The molecular formula is C10H15N3O3. The van der Waals surface area contributed by atoms with E-state index < -0.39 is 4.92 Å². The molecule has 1 heterocycles. The Morgan fingerprint density at radius 3 is 2.81 bits per heavy atom. The number of pyridine rings is 1. The molecule has 0 aromatic carbocycles. The summed E-state index contributed by atoms with van der Waals surface area (Å²) >= 11 is 0. The monoisotopic (exact) mass is 225 g/mol. The highest BCUT2D eigenvalue weighted by Gasteiger charge is 2.12. The third-order valence-electron chi connectivity index (χ3n) is 2.21. The minimum atomic E-state index is -0.455. The molecule has 2 N–H and O–H groups in total. The Morgan fingerprint density at radius 1 is 1.62 bits per heavy atom. The molecule has 0 saturated carbocycles. The van der Waals surface area contributed by atoms with E-state index in [1.165, 1.54) is 6.07 Å². The van der Waals surface area contributed by atoms with Crippen molar-refractivity contribution in [1.29, 1.82) is 0 Å². The summed E-state index contributed by atoms with van der Waals surface area (Å²) in [6, 6.07) is 3.08. The van der Waals surface area contributed by atoms with Gasteiger partial charge in [0.05, 0.1) is 4.92 Å². The van der Waals surface area contributed by atoms with Gasteiger partial charge in [-0.3, -0.25) is 10.1 Å². The topological polar surface area (TPSA) is 88.3 Å². The lowest BCUT2D eigenvalue weighted by molar-refractivity contribution is -0.385. The third kappa shape index (κ3) is 3.16. The summed E-state index contributed by atoms with van der Waals surface area (Å²) in [7, 11) is 0. The van der Waals surface area contributed by atoms with Crippen LogP contribution in [-0.2, 0) is 0 Å². The van der Waals surface area contributed by atoms with Crippen molar-refractivity contribution >= 4 is 11.5 Å². The number of anilines is 1. The minimum Gasteiger partial charge on any atom is -0.396 e. The number of aliphatic hydroxyl groups is 1. The number of nitrogens with zero attached hydrogens (tertiary/aromatic N) is 2. The summed E-state index contributed by atoms with van der Waals surface area (Å²) in [5, 5.41) is 22.4. The molecule has 88 valence electrons. The second-order valence-corrected chi connectivity index (χ2v) is 3.62. The summed E-state index contributed by atoms with van der Waals surface area (Å²) in [5.41, 5.74) is 0.395. The van der Waals surface area contributed by atoms with Gasteiger partial charge in [0.1, 0.15) is 11.5 Å². The highest BCUT2D eigenvalue weighted by Crippen LogP contribution is 2.18. The maximum Gasteiger partial charge on any atom is 0.290 e. The van der Waals surface area contributed by atoms with Gasteiger partial charge in [0.2, 0.25) is 0 Å². The van der Waals surface area contributed by atoms with E-state index in [1.54, 1.807) is 13.0 Å². The van der Waals surface area contributed by atoms with Crippen LogP contribution in [0.1, 0.15) is 19.0 Å². The molecular weight excluding hydrogens is 210 g/mol. The molecule has 0 aliphatic carbocycles. The quantitative estimate of drug-likeness (QED) is 0.585. The number of rotatable bonds is 5. The van der Waals surface area contributed by atoms with Gasteiger partial charge in [-0.2, -0.15) is 0 Å². The van der Waals surface area contributed by atoms with Gasteiger partial charge in [0.15, 0.2) is 0 Å². The van der Waals surface area contributed by atoms with Crippen LogP contribution in [-0.4, -0.2) is 27.7 Å². The Morgan fingerprint density at radius 2 is 2.31 bits per heavy atom. The fourth-order valence-electron chi connectivity index (χ4n) is 1.35. The van der Waals surface area contributed by atoms with E-state index in [0.717, 1.165) is 0 Å². The van der Waals surface area contributed by atoms with Gasteiger partial charge in [0.25, 0.3) is 5.69 Å². The molecule has 0 spiro atoms. The maximum absolute atomic E-state index is 10.6. The van der Waals surface area contributed by atoms with E-state index in [9.17, 15) is 10.1 Å². The molecule has 0 saturated heterocycles. The fraction of sp³-hybridized carbons (Fsp3) is 0.500. The van der Waals surface area contributed by atoms with Crippen LogP contribution in [0.3, 0.4) is 0 Å². The van der Waals surface area contributed by atoms with Crippen LogP contribution in [0.2, 0.25) is 0 Å². The van der Waals surface area contributed by atoms with Gasteiger partial charge in [-0.05, 0) is 26.3 Å². The van der Waals surface area contributed by atoms with Gasteiger partial charge in [-0.1, -0.05) is 0 Å². The molecule has 0 aliphatic rings. The van der Waals surface area contributed by atoms with Crippen LogP contribution >= 0.6 is 0 Å². The first-order chi connectivity index (χ1) is 7.54. The minimum absolute atomic E-state index is 0.0142. The Balaban J connectivity index is 2.77. The summed E-state index contributed by atoms with van der Waals surface area (Å²) < 4.78 is 0. The zero-order valence-corrected chi connectivity index (χ0v) is 9.30. The lowest BCUT2D eigenvalue weighted by atomic mass is 10.2. The normalized spacial score (nSPS) is 12.2. The predicted molar refractivity (Wildman–Crippen MR) is 60.4 cm³/mol. The summed E-state index contributed by atoms with van der Waals surface area (Å²) in [5.74, 6) is 0.587. The highest BCUT2D eigenvalue weighted by atomic mass is 16.6.